The number of alkyl halides is 1. The highest BCUT2D eigenvalue weighted by Crippen LogP contribution is 2.36. The number of hydrogen-bond acceptors (Lipinski definition) is 1. The van der Waals surface area contributed by atoms with Crippen LogP contribution < -0.4 is 0 Å². The van der Waals surface area contributed by atoms with E-state index >= 15 is 0 Å². The number of furan rings is 1. The fraction of sp³-hybridized carbons (Fsp3) is 0.167. The molecular formula is C12H9Cl3O. The van der Waals surface area contributed by atoms with Gasteiger partial charge >= 0.3 is 0 Å². The zero-order valence-electron chi connectivity index (χ0n) is 8.51. The topological polar surface area (TPSA) is 13.1 Å². The molecule has 4 heteroatoms. The van der Waals surface area contributed by atoms with Gasteiger partial charge in [-0.3, -0.25) is 0 Å². The molecule has 1 aromatic heterocycles. The average molecular weight is 276 g/mol. The van der Waals surface area contributed by atoms with Gasteiger partial charge in [-0.15, -0.1) is 11.6 Å². The smallest absolute Gasteiger partial charge is 0.129 e. The number of benzene rings is 1. The molecule has 1 unspecified atom stereocenters. The van der Waals surface area contributed by atoms with E-state index in [1.165, 1.54) is 0 Å². The molecule has 16 heavy (non-hydrogen) atoms. The van der Waals surface area contributed by atoms with Crippen molar-refractivity contribution in [2.24, 2.45) is 0 Å². The van der Waals surface area contributed by atoms with Crippen LogP contribution in [0.25, 0.3) is 0 Å². The third-order valence-electron chi connectivity index (χ3n) is 2.37. The summed E-state index contributed by atoms with van der Waals surface area (Å²) in [6.07, 6.45) is 1.61. The third-order valence-corrected chi connectivity index (χ3v) is 3.36. The van der Waals surface area contributed by atoms with Crippen LogP contribution in [0.2, 0.25) is 10.0 Å². The van der Waals surface area contributed by atoms with Gasteiger partial charge in [-0.25, -0.2) is 0 Å². The number of hydrogen-bond donors (Lipinski definition) is 0. The Morgan fingerprint density at radius 3 is 2.50 bits per heavy atom. The molecule has 84 valence electrons. The molecule has 0 aliphatic rings. The van der Waals surface area contributed by atoms with Crippen LogP contribution in [0, 0.1) is 6.92 Å². The Labute approximate surface area is 109 Å². The van der Waals surface area contributed by atoms with E-state index in [-0.39, 0.29) is 5.38 Å². The Bertz CT molecular complexity index is 505. The zero-order valence-corrected chi connectivity index (χ0v) is 10.8. The van der Waals surface area contributed by atoms with Crippen molar-refractivity contribution in [2.45, 2.75) is 12.3 Å². The van der Waals surface area contributed by atoms with Crippen LogP contribution in [0.5, 0.6) is 0 Å². The first-order valence-electron chi connectivity index (χ1n) is 4.72. The summed E-state index contributed by atoms with van der Waals surface area (Å²) in [6.45, 7) is 1.94. The maximum atomic E-state index is 6.31. The summed E-state index contributed by atoms with van der Waals surface area (Å²) in [6, 6.07) is 7.11. The van der Waals surface area contributed by atoms with Crippen LogP contribution in [-0.4, -0.2) is 0 Å². The van der Waals surface area contributed by atoms with Gasteiger partial charge in [0.25, 0.3) is 0 Å². The van der Waals surface area contributed by atoms with Gasteiger partial charge < -0.3 is 4.42 Å². The molecule has 1 nitrogen and oxygen atoms in total. The summed E-state index contributed by atoms with van der Waals surface area (Å²) in [7, 11) is 0. The van der Waals surface area contributed by atoms with Crippen LogP contribution in [0.4, 0.5) is 0 Å². The molecule has 0 radical (unpaired) electrons. The lowest BCUT2D eigenvalue weighted by Crippen LogP contribution is -1.94. The average Bonchev–Trinajstić information content (AvgIpc) is 2.63. The SMILES string of the molecule is Cc1ccoc1C(Cl)c1ccc(Cl)cc1Cl. The summed E-state index contributed by atoms with van der Waals surface area (Å²) in [5.41, 5.74) is 1.80. The molecule has 0 saturated heterocycles. The van der Waals surface area contributed by atoms with Crippen molar-refractivity contribution in [2.75, 3.05) is 0 Å². The van der Waals surface area contributed by atoms with Crippen LogP contribution in [0.15, 0.2) is 34.9 Å². The molecule has 1 atom stereocenters. The van der Waals surface area contributed by atoms with Gasteiger partial charge in [0.05, 0.1) is 6.26 Å². The predicted octanol–water partition coefficient (Wildman–Crippen LogP) is 5.22. The molecule has 0 saturated carbocycles. The van der Waals surface area contributed by atoms with Gasteiger partial charge in [0, 0.05) is 10.0 Å². The lowest BCUT2D eigenvalue weighted by molar-refractivity contribution is 0.513. The molecule has 2 rings (SSSR count). The van der Waals surface area contributed by atoms with E-state index in [4.69, 9.17) is 39.2 Å². The number of rotatable bonds is 2. The van der Waals surface area contributed by atoms with Crippen LogP contribution in [0.3, 0.4) is 0 Å². The second kappa shape index (κ2) is 4.70. The van der Waals surface area contributed by atoms with Crippen molar-refractivity contribution in [3.63, 3.8) is 0 Å². The number of halogens is 3. The molecule has 0 aliphatic carbocycles. The van der Waals surface area contributed by atoms with Crippen LogP contribution >= 0.6 is 34.8 Å². The molecule has 0 spiro atoms. The normalized spacial score (nSPS) is 12.8. The molecule has 2 aromatic rings. The van der Waals surface area contributed by atoms with Crippen LogP contribution in [0.1, 0.15) is 22.3 Å². The van der Waals surface area contributed by atoms with Crippen LogP contribution in [-0.2, 0) is 0 Å². The van der Waals surface area contributed by atoms with Gasteiger partial charge in [0.15, 0.2) is 0 Å². The van der Waals surface area contributed by atoms with Crippen molar-refractivity contribution < 1.29 is 4.42 Å². The summed E-state index contributed by atoms with van der Waals surface area (Å²) >= 11 is 18.2. The molecule has 0 N–H and O–H groups in total. The highest BCUT2D eigenvalue weighted by atomic mass is 35.5. The minimum absolute atomic E-state index is 0.389. The minimum atomic E-state index is -0.389. The van der Waals surface area contributed by atoms with E-state index in [0.29, 0.717) is 15.8 Å². The van der Waals surface area contributed by atoms with E-state index < -0.39 is 0 Å². The third kappa shape index (κ3) is 2.22. The van der Waals surface area contributed by atoms with Crippen molar-refractivity contribution in [1.29, 1.82) is 0 Å². The standard InChI is InChI=1S/C12H9Cl3O/c1-7-4-5-16-12(7)11(15)9-3-2-8(13)6-10(9)14/h2-6,11H,1H3. The summed E-state index contributed by atoms with van der Waals surface area (Å²) in [5.74, 6) is 0.714. The van der Waals surface area contributed by atoms with Gasteiger partial charge in [0.2, 0.25) is 0 Å². The highest BCUT2D eigenvalue weighted by molar-refractivity contribution is 6.36. The highest BCUT2D eigenvalue weighted by Gasteiger charge is 2.19. The lowest BCUT2D eigenvalue weighted by Gasteiger charge is -2.10. The molecule has 0 aliphatic heterocycles. The maximum Gasteiger partial charge on any atom is 0.129 e. The van der Waals surface area contributed by atoms with Crippen molar-refractivity contribution in [1.82, 2.24) is 0 Å². The fourth-order valence-electron chi connectivity index (χ4n) is 1.49. The Hall–Kier alpha value is -0.630. The van der Waals surface area contributed by atoms with Crippen molar-refractivity contribution >= 4 is 34.8 Å². The monoisotopic (exact) mass is 274 g/mol. The first kappa shape index (κ1) is 11.8. The molecule has 0 bridgehead atoms. The fourth-order valence-corrected chi connectivity index (χ4v) is 2.48. The first-order valence-corrected chi connectivity index (χ1v) is 5.92. The Morgan fingerprint density at radius 1 is 1.19 bits per heavy atom. The predicted molar refractivity (Wildman–Crippen MR) is 67.6 cm³/mol. The Morgan fingerprint density at radius 2 is 1.94 bits per heavy atom. The van der Waals surface area contributed by atoms with Gasteiger partial charge in [-0.2, -0.15) is 0 Å². The van der Waals surface area contributed by atoms with E-state index in [1.807, 2.05) is 19.1 Å². The minimum Gasteiger partial charge on any atom is -0.467 e. The zero-order chi connectivity index (χ0) is 11.7. The van der Waals surface area contributed by atoms with E-state index in [2.05, 4.69) is 0 Å². The quantitative estimate of drug-likeness (QED) is 0.685. The Balaban J connectivity index is 2.41. The lowest BCUT2D eigenvalue weighted by atomic mass is 10.1. The number of aryl methyl sites for hydroxylation is 1. The summed E-state index contributed by atoms with van der Waals surface area (Å²) in [4.78, 5) is 0. The maximum absolute atomic E-state index is 6.31. The second-order valence-electron chi connectivity index (χ2n) is 3.50. The molecule has 1 aromatic carbocycles. The molecule has 1 heterocycles. The molecule has 0 amide bonds. The van der Waals surface area contributed by atoms with E-state index in [1.54, 1.807) is 18.4 Å². The molecular weight excluding hydrogens is 266 g/mol. The van der Waals surface area contributed by atoms with E-state index in [9.17, 15) is 0 Å². The summed E-state index contributed by atoms with van der Waals surface area (Å²) < 4.78 is 5.34. The van der Waals surface area contributed by atoms with Gasteiger partial charge in [-0.05, 0) is 36.2 Å². The van der Waals surface area contributed by atoms with Gasteiger partial charge in [0.1, 0.15) is 11.1 Å². The van der Waals surface area contributed by atoms with Crippen molar-refractivity contribution in [3.05, 3.63) is 57.5 Å². The molecule has 0 fully saturated rings. The van der Waals surface area contributed by atoms with Gasteiger partial charge in [-0.1, -0.05) is 29.3 Å². The second-order valence-corrected chi connectivity index (χ2v) is 4.78. The van der Waals surface area contributed by atoms with Crippen molar-refractivity contribution in [3.8, 4) is 0 Å². The Kier molecular flexibility index (Phi) is 3.48. The largest absolute Gasteiger partial charge is 0.467 e. The first-order chi connectivity index (χ1) is 7.59. The summed E-state index contributed by atoms with van der Waals surface area (Å²) in [5, 5.41) is 0.747. The van der Waals surface area contributed by atoms with E-state index in [0.717, 1.165) is 11.1 Å².